The van der Waals surface area contributed by atoms with Crippen molar-refractivity contribution in [2.75, 3.05) is 5.32 Å². The van der Waals surface area contributed by atoms with Crippen LogP contribution in [-0.4, -0.2) is 17.0 Å². The first-order chi connectivity index (χ1) is 13.9. The molecule has 1 amide bonds. The summed E-state index contributed by atoms with van der Waals surface area (Å²) in [5, 5.41) is 14.3. The van der Waals surface area contributed by atoms with Crippen molar-refractivity contribution in [3.8, 4) is 11.1 Å². The van der Waals surface area contributed by atoms with Gasteiger partial charge in [-0.05, 0) is 36.8 Å². The molecule has 0 spiro atoms. The summed E-state index contributed by atoms with van der Waals surface area (Å²) in [5.74, 6) is -4.06. The zero-order valence-electron chi connectivity index (χ0n) is 15.0. The van der Waals surface area contributed by atoms with Crippen LogP contribution in [0, 0.1) is 18.6 Å². The van der Waals surface area contributed by atoms with Crippen LogP contribution in [0.1, 0.15) is 26.3 Å². The summed E-state index contributed by atoms with van der Waals surface area (Å²) in [7, 11) is 0. The molecular weight excluding hydrogens is 400 g/mol. The molecule has 2 heterocycles. The molecule has 4 aromatic rings. The molecule has 2 aromatic heterocycles. The van der Waals surface area contributed by atoms with E-state index in [2.05, 4.69) is 5.32 Å². The highest BCUT2D eigenvalue weighted by molar-refractivity contribution is 7.15. The number of amides is 1. The number of anilines is 1. The standard InChI is InChI=1S/C21H13F2NO4S/c1-10-2-4-13(18(23)17(10)22)14-9-29-20(16(14)21(26)27)24-19(25)12-3-5-15-11(8-12)6-7-28-15/h2-9H,1H3,(H,24,25)(H,26,27). The number of benzene rings is 2. The van der Waals surface area contributed by atoms with Gasteiger partial charge in [0.2, 0.25) is 0 Å². The van der Waals surface area contributed by atoms with Gasteiger partial charge in [-0.25, -0.2) is 13.6 Å². The SMILES string of the molecule is Cc1ccc(-c2csc(NC(=O)c3ccc4occc4c3)c2C(=O)O)c(F)c1F. The third-order valence-corrected chi connectivity index (χ3v) is 5.41. The van der Waals surface area contributed by atoms with E-state index in [1.165, 1.54) is 30.7 Å². The van der Waals surface area contributed by atoms with Gasteiger partial charge < -0.3 is 14.8 Å². The third-order valence-electron chi connectivity index (χ3n) is 4.51. The van der Waals surface area contributed by atoms with E-state index in [-0.39, 0.29) is 27.3 Å². The summed E-state index contributed by atoms with van der Waals surface area (Å²) in [6.07, 6.45) is 1.50. The Kier molecular flexibility index (Phi) is 4.63. The smallest absolute Gasteiger partial charge is 0.339 e. The number of furan rings is 1. The van der Waals surface area contributed by atoms with E-state index < -0.39 is 23.5 Å². The van der Waals surface area contributed by atoms with Crippen molar-refractivity contribution in [1.82, 2.24) is 0 Å². The molecule has 0 radical (unpaired) electrons. The Labute approximate surface area is 167 Å². The molecule has 0 aliphatic rings. The van der Waals surface area contributed by atoms with Gasteiger partial charge in [0.25, 0.3) is 5.91 Å². The van der Waals surface area contributed by atoms with Gasteiger partial charge in [0.05, 0.1) is 6.26 Å². The van der Waals surface area contributed by atoms with Crippen LogP contribution in [0.2, 0.25) is 0 Å². The van der Waals surface area contributed by atoms with Gasteiger partial charge in [-0.2, -0.15) is 0 Å². The monoisotopic (exact) mass is 413 g/mol. The fraction of sp³-hybridized carbons (Fsp3) is 0.0476. The lowest BCUT2D eigenvalue weighted by Crippen LogP contribution is -2.13. The van der Waals surface area contributed by atoms with Crippen molar-refractivity contribution in [2.24, 2.45) is 0 Å². The van der Waals surface area contributed by atoms with Crippen LogP contribution in [0.5, 0.6) is 0 Å². The Morgan fingerprint density at radius 2 is 1.86 bits per heavy atom. The molecule has 0 bridgehead atoms. The Balaban J connectivity index is 1.72. The van der Waals surface area contributed by atoms with E-state index in [9.17, 15) is 23.5 Å². The molecule has 0 unspecified atom stereocenters. The molecular formula is C21H13F2NO4S. The summed E-state index contributed by atoms with van der Waals surface area (Å²) in [6.45, 7) is 1.41. The number of hydrogen-bond donors (Lipinski definition) is 2. The Morgan fingerprint density at radius 3 is 2.62 bits per heavy atom. The molecule has 0 atom stereocenters. The summed E-state index contributed by atoms with van der Waals surface area (Å²) >= 11 is 0.926. The van der Waals surface area contributed by atoms with Crippen LogP contribution >= 0.6 is 11.3 Å². The van der Waals surface area contributed by atoms with Crippen LogP contribution in [0.25, 0.3) is 22.1 Å². The summed E-state index contributed by atoms with van der Waals surface area (Å²) in [4.78, 5) is 24.4. The van der Waals surface area contributed by atoms with Crippen molar-refractivity contribution in [3.05, 3.63) is 76.4 Å². The number of halogens is 2. The first-order valence-corrected chi connectivity index (χ1v) is 9.33. The predicted molar refractivity (Wildman–Crippen MR) is 106 cm³/mol. The van der Waals surface area contributed by atoms with Crippen LogP contribution in [-0.2, 0) is 0 Å². The van der Waals surface area contributed by atoms with Crippen molar-refractivity contribution >= 4 is 39.2 Å². The molecule has 146 valence electrons. The molecule has 0 saturated heterocycles. The minimum absolute atomic E-state index is 0.000475. The third kappa shape index (κ3) is 3.27. The number of thiophene rings is 1. The highest BCUT2D eigenvalue weighted by atomic mass is 32.1. The van der Waals surface area contributed by atoms with Crippen molar-refractivity contribution in [1.29, 1.82) is 0 Å². The normalized spacial score (nSPS) is 11.0. The molecule has 0 aliphatic carbocycles. The van der Waals surface area contributed by atoms with E-state index >= 15 is 0 Å². The molecule has 8 heteroatoms. The molecule has 0 fully saturated rings. The maximum Gasteiger partial charge on any atom is 0.339 e. The number of carbonyl (C=O) groups is 2. The minimum atomic E-state index is -1.36. The van der Waals surface area contributed by atoms with E-state index in [4.69, 9.17) is 4.42 Å². The van der Waals surface area contributed by atoms with Crippen LogP contribution in [0.4, 0.5) is 13.8 Å². The molecule has 29 heavy (non-hydrogen) atoms. The zero-order valence-corrected chi connectivity index (χ0v) is 15.8. The average molecular weight is 413 g/mol. The van der Waals surface area contributed by atoms with Gasteiger partial charge in [-0.15, -0.1) is 11.3 Å². The van der Waals surface area contributed by atoms with E-state index in [0.29, 0.717) is 11.1 Å². The highest BCUT2D eigenvalue weighted by Crippen LogP contribution is 2.38. The maximum absolute atomic E-state index is 14.4. The second-order valence-electron chi connectivity index (χ2n) is 6.34. The van der Waals surface area contributed by atoms with Gasteiger partial charge >= 0.3 is 5.97 Å². The summed E-state index contributed by atoms with van der Waals surface area (Å²) in [5.41, 5.74) is 0.554. The minimum Gasteiger partial charge on any atom is -0.478 e. The largest absolute Gasteiger partial charge is 0.478 e. The molecule has 5 nitrogen and oxygen atoms in total. The fourth-order valence-electron chi connectivity index (χ4n) is 3.00. The van der Waals surface area contributed by atoms with Gasteiger partial charge in [-0.1, -0.05) is 12.1 Å². The van der Waals surface area contributed by atoms with E-state index in [1.54, 1.807) is 24.3 Å². The van der Waals surface area contributed by atoms with E-state index in [1.807, 2.05) is 0 Å². The number of aromatic carboxylic acids is 1. The first kappa shape index (κ1) is 18.8. The lowest BCUT2D eigenvalue weighted by molar-refractivity contribution is 0.0699. The van der Waals surface area contributed by atoms with Gasteiger partial charge in [0.1, 0.15) is 16.1 Å². The lowest BCUT2D eigenvalue weighted by Gasteiger charge is -2.08. The number of carboxylic acid groups (broad SMARTS) is 1. The number of carboxylic acids is 1. The van der Waals surface area contributed by atoms with Crippen LogP contribution in [0.3, 0.4) is 0 Å². The topological polar surface area (TPSA) is 79.5 Å². The van der Waals surface area contributed by atoms with Gasteiger partial charge in [0, 0.05) is 27.5 Å². The van der Waals surface area contributed by atoms with Crippen molar-refractivity contribution < 1.29 is 27.9 Å². The highest BCUT2D eigenvalue weighted by Gasteiger charge is 2.24. The lowest BCUT2D eigenvalue weighted by atomic mass is 10.0. The number of fused-ring (bicyclic) bond motifs is 1. The van der Waals surface area contributed by atoms with Crippen molar-refractivity contribution in [2.45, 2.75) is 6.92 Å². The van der Waals surface area contributed by atoms with Crippen molar-refractivity contribution in [3.63, 3.8) is 0 Å². The summed E-state index contributed by atoms with van der Waals surface area (Å²) < 4.78 is 33.6. The first-order valence-electron chi connectivity index (χ1n) is 8.45. The fourth-order valence-corrected chi connectivity index (χ4v) is 3.94. The number of aryl methyl sites for hydroxylation is 1. The number of nitrogens with one attached hydrogen (secondary N) is 1. The Bertz CT molecular complexity index is 1280. The van der Waals surface area contributed by atoms with Crippen LogP contribution in [0.15, 0.2) is 52.5 Å². The number of rotatable bonds is 4. The van der Waals surface area contributed by atoms with Crippen LogP contribution < -0.4 is 5.32 Å². The molecule has 0 saturated carbocycles. The zero-order chi connectivity index (χ0) is 20.7. The second-order valence-corrected chi connectivity index (χ2v) is 7.22. The quantitative estimate of drug-likeness (QED) is 0.450. The number of carbonyl (C=O) groups excluding carboxylic acids is 1. The van der Waals surface area contributed by atoms with Gasteiger partial charge in [0.15, 0.2) is 11.6 Å². The Hall–Kier alpha value is -3.52. The molecule has 0 aliphatic heterocycles. The molecule has 4 rings (SSSR count). The molecule has 2 aromatic carbocycles. The Morgan fingerprint density at radius 1 is 1.07 bits per heavy atom. The number of hydrogen-bond acceptors (Lipinski definition) is 4. The summed E-state index contributed by atoms with van der Waals surface area (Å²) in [6, 6.07) is 9.18. The maximum atomic E-state index is 14.4. The second kappa shape index (κ2) is 7.14. The molecule has 2 N–H and O–H groups in total. The average Bonchev–Trinajstić information content (AvgIpc) is 3.32. The van der Waals surface area contributed by atoms with E-state index in [0.717, 1.165) is 16.7 Å². The predicted octanol–water partition coefficient (Wildman–Crippen LogP) is 5.70. The van der Waals surface area contributed by atoms with Gasteiger partial charge in [-0.3, -0.25) is 4.79 Å².